The number of aliphatic hydroxyl groups excluding tert-OH is 2. The molecule has 5 nitrogen and oxygen atoms in total. The molecule has 6 atom stereocenters. The van der Waals surface area contributed by atoms with E-state index < -0.39 is 34.9 Å². The predicted octanol–water partition coefficient (Wildman–Crippen LogP) is 2.34. The van der Waals surface area contributed by atoms with Crippen LogP contribution >= 0.6 is 0 Å². The van der Waals surface area contributed by atoms with Crippen molar-refractivity contribution in [1.29, 1.82) is 0 Å². The third-order valence-corrected chi connectivity index (χ3v) is 8.06. The van der Waals surface area contributed by atoms with Crippen molar-refractivity contribution in [2.45, 2.75) is 71.0 Å². The minimum absolute atomic E-state index is 0.00477. The van der Waals surface area contributed by atoms with E-state index in [0.29, 0.717) is 19.3 Å². The molecule has 0 aliphatic heterocycles. The van der Waals surface area contributed by atoms with Gasteiger partial charge >= 0.3 is 0 Å². The fraction of sp³-hybridized carbons (Fsp3) is 0.727. The third kappa shape index (κ3) is 3.04. The zero-order valence-corrected chi connectivity index (χ0v) is 16.6. The largest absolute Gasteiger partial charge is 0.393 e. The molecule has 27 heavy (non-hydrogen) atoms. The zero-order chi connectivity index (χ0) is 20.0. The molecule has 0 spiro atoms. The molecule has 0 saturated heterocycles. The fourth-order valence-electron chi connectivity index (χ4n) is 5.79. The average molecular weight is 376 g/mol. The van der Waals surface area contributed by atoms with Crippen LogP contribution in [0.1, 0.15) is 59.3 Å². The molecule has 1 unspecified atom stereocenters. The van der Waals surface area contributed by atoms with Gasteiger partial charge in [-0.15, -0.1) is 0 Å². The number of hydrogen-bond donors (Lipinski definition) is 3. The van der Waals surface area contributed by atoms with E-state index in [9.17, 15) is 24.9 Å². The van der Waals surface area contributed by atoms with Gasteiger partial charge < -0.3 is 15.3 Å². The van der Waals surface area contributed by atoms with Crippen LogP contribution in [0.3, 0.4) is 0 Å². The molecule has 0 bridgehead atoms. The van der Waals surface area contributed by atoms with Crippen LogP contribution in [0, 0.1) is 22.7 Å². The number of fused-ring (bicyclic) bond motifs is 2. The van der Waals surface area contributed by atoms with Crippen LogP contribution < -0.4 is 0 Å². The number of carbonyl (C=O) groups is 2. The predicted molar refractivity (Wildman–Crippen MR) is 102 cm³/mol. The quantitative estimate of drug-likeness (QED) is 0.688. The summed E-state index contributed by atoms with van der Waals surface area (Å²) >= 11 is 0. The highest BCUT2D eigenvalue weighted by Crippen LogP contribution is 2.57. The topological polar surface area (TPSA) is 94.8 Å². The lowest BCUT2D eigenvalue weighted by atomic mass is 9.59. The van der Waals surface area contributed by atoms with E-state index in [4.69, 9.17) is 0 Å². The Morgan fingerprint density at radius 1 is 1.30 bits per heavy atom. The highest BCUT2D eigenvalue weighted by Gasteiger charge is 2.61. The van der Waals surface area contributed by atoms with Gasteiger partial charge in [-0.1, -0.05) is 32.4 Å². The number of Topliss-reactive ketones (excluding diaryl/α,β-unsaturated/α-hetero) is 1. The van der Waals surface area contributed by atoms with Gasteiger partial charge in [-0.3, -0.25) is 9.59 Å². The van der Waals surface area contributed by atoms with Crippen LogP contribution in [0.2, 0.25) is 0 Å². The van der Waals surface area contributed by atoms with Crippen molar-refractivity contribution in [2.24, 2.45) is 22.7 Å². The van der Waals surface area contributed by atoms with Gasteiger partial charge in [0.15, 0.2) is 11.6 Å². The third-order valence-electron chi connectivity index (χ3n) is 8.06. The van der Waals surface area contributed by atoms with Crippen LogP contribution in [0.4, 0.5) is 0 Å². The Hall–Kier alpha value is -1.30. The molecule has 0 heterocycles. The first-order valence-electron chi connectivity index (χ1n) is 10.1. The molecule has 0 aromatic rings. The summed E-state index contributed by atoms with van der Waals surface area (Å²) in [5.41, 5.74) is -1.73. The average Bonchev–Trinajstić information content (AvgIpc) is 2.88. The smallest absolute Gasteiger partial charge is 0.190 e. The van der Waals surface area contributed by atoms with Crippen molar-refractivity contribution in [3.63, 3.8) is 0 Å². The maximum absolute atomic E-state index is 12.4. The Morgan fingerprint density at radius 3 is 2.67 bits per heavy atom. The summed E-state index contributed by atoms with van der Waals surface area (Å²) in [6, 6.07) is 0. The second kappa shape index (κ2) is 6.94. The van der Waals surface area contributed by atoms with Gasteiger partial charge in [-0.05, 0) is 62.5 Å². The van der Waals surface area contributed by atoms with Gasteiger partial charge in [0.05, 0.1) is 6.10 Å². The first kappa shape index (κ1) is 20.4. The molecular weight excluding hydrogens is 344 g/mol. The molecule has 0 radical (unpaired) electrons. The highest BCUT2D eigenvalue weighted by molar-refractivity contribution is 6.01. The number of carbonyl (C=O) groups excluding carboxylic acids is 2. The molecule has 3 aliphatic rings. The van der Waals surface area contributed by atoms with Crippen LogP contribution in [-0.4, -0.2) is 45.2 Å². The van der Waals surface area contributed by atoms with E-state index in [0.717, 1.165) is 24.8 Å². The van der Waals surface area contributed by atoms with Crippen LogP contribution in [0.5, 0.6) is 0 Å². The van der Waals surface area contributed by atoms with Gasteiger partial charge in [0.25, 0.3) is 0 Å². The van der Waals surface area contributed by atoms with Crippen LogP contribution in [0.25, 0.3) is 0 Å². The lowest BCUT2D eigenvalue weighted by molar-refractivity contribution is -0.159. The molecule has 2 saturated carbocycles. The standard InChI is InChI=1S/C22H32O5/c1-14-18(25)12-21(3)15(7-10-22(21,27)19(26)13-23)5-4-6-16-11-17(24)8-9-20(14,16)2/h8-9,11,14-15,18,23,25,27H,4-7,10,12-13H2,1-3H3/t14-,15-,18?,20-,21+,22+/m1/s1. The van der Waals surface area contributed by atoms with Crippen molar-refractivity contribution >= 4 is 11.6 Å². The molecule has 5 heteroatoms. The van der Waals surface area contributed by atoms with E-state index in [2.05, 4.69) is 6.92 Å². The Labute approximate surface area is 161 Å². The molecule has 0 aromatic heterocycles. The van der Waals surface area contributed by atoms with Gasteiger partial charge in [0, 0.05) is 10.8 Å². The molecule has 3 N–H and O–H groups in total. The maximum atomic E-state index is 12.4. The summed E-state index contributed by atoms with van der Waals surface area (Å²) in [5, 5.41) is 31.8. The van der Waals surface area contributed by atoms with Gasteiger partial charge in [0.2, 0.25) is 0 Å². The summed E-state index contributed by atoms with van der Waals surface area (Å²) in [6.07, 6.45) is 8.24. The number of aliphatic hydroxyl groups is 3. The SMILES string of the molecule is C[C@@H]1C(O)C[C@@]2(C)[C@H](CCCC3=CC(=O)C=C[C@@]31C)CC[C@]2(O)C(=O)CO. The Morgan fingerprint density at radius 2 is 2.00 bits per heavy atom. The van der Waals surface area contributed by atoms with Crippen LogP contribution in [0.15, 0.2) is 23.8 Å². The zero-order valence-electron chi connectivity index (χ0n) is 16.6. The van der Waals surface area contributed by atoms with Gasteiger partial charge in [-0.25, -0.2) is 0 Å². The summed E-state index contributed by atoms with van der Waals surface area (Å²) in [7, 11) is 0. The minimum atomic E-state index is -1.59. The number of allylic oxidation sites excluding steroid dienone is 4. The molecule has 150 valence electrons. The lowest BCUT2D eigenvalue weighted by Crippen LogP contribution is -2.55. The normalized spacial score (nSPS) is 45.0. The molecule has 3 aliphatic carbocycles. The van der Waals surface area contributed by atoms with E-state index in [-0.39, 0.29) is 17.6 Å². The van der Waals surface area contributed by atoms with Crippen molar-refractivity contribution < 1.29 is 24.9 Å². The summed E-state index contributed by atoms with van der Waals surface area (Å²) in [6.45, 7) is 5.24. The second-order valence-electron chi connectivity index (χ2n) is 9.23. The van der Waals surface area contributed by atoms with Crippen molar-refractivity contribution in [3.05, 3.63) is 23.8 Å². The van der Waals surface area contributed by atoms with Gasteiger partial charge in [-0.2, -0.15) is 0 Å². The van der Waals surface area contributed by atoms with Crippen molar-refractivity contribution in [2.75, 3.05) is 6.61 Å². The second-order valence-corrected chi connectivity index (χ2v) is 9.23. The Kier molecular flexibility index (Phi) is 5.26. The van der Waals surface area contributed by atoms with E-state index in [1.807, 2.05) is 19.9 Å². The first-order chi connectivity index (χ1) is 12.6. The Bertz CT molecular complexity index is 695. The number of rotatable bonds is 2. The molecule has 0 amide bonds. The number of hydrogen-bond acceptors (Lipinski definition) is 5. The van der Waals surface area contributed by atoms with Crippen molar-refractivity contribution in [1.82, 2.24) is 0 Å². The maximum Gasteiger partial charge on any atom is 0.190 e. The van der Waals surface area contributed by atoms with E-state index in [1.54, 1.807) is 12.2 Å². The summed E-state index contributed by atoms with van der Waals surface area (Å²) in [4.78, 5) is 24.3. The van der Waals surface area contributed by atoms with E-state index in [1.165, 1.54) is 0 Å². The Balaban J connectivity index is 2.00. The minimum Gasteiger partial charge on any atom is -0.393 e. The fourth-order valence-corrected chi connectivity index (χ4v) is 5.79. The number of ketones is 2. The lowest BCUT2D eigenvalue weighted by Gasteiger charge is -2.47. The summed E-state index contributed by atoms with van der Waals surface area (Å²) < 4.78 is 0. The van der Waals surface area contributed by atoms with Crippen LogP contribution in [-0.2, 0) is 9.59 Å². The molecule has 0 aromatic carbocycles. The first-order valence-corrected chi connectivity index (χ1v) is 10.1. The summed E-state index contributed by atoms with van der Waals surface area (Å²) in [5.74, 6) is -0.619. The monoisotopic (exact) mass is 376 g/mol. The molecule has 3 rings (SSSR count). The van der Waals surface area contributed by atoms with Crippen molar-refractivity contribution in [3.8, 4) is 0 Å². The van der Waals surface area contributed by atoms with Gasteiger partial charge in [0.1, 0.15) is 12.2 Å². The molecule has 2 fully saturated rings. The van der Waals surface area contributed by atoms with E-state index >= 15 is 0 Å². The molecular formula is C22H32O5. The highest BCUT2D eigenvalue weighted by atomic mass is 16.3.